The minimum absolute atomic E-state index is 0.00723. The van der Waals surface area contributed by atoms with Crippen LogP contribution in [-0.2, 0) is 9.59 Å². The zero-order chi connectivity index (χ0) is 17.6. The van der Waals surface area contributed by atoms with Crippen molar-refractivity contribution in [2.45, 2.75) is 19.9 Å². The van der Waals surface area contributed by atoms with E-state index in [2.05, 4.69) is 10.3 Å². The molecule has 124 valence electrons. The van der Waals surface area contributed by atoms with Crippen molar-refractivity contribution in [1.29, 1.82) is 5.26 Å². The average Bonchev–Trinajstić information content (AvgIpc) is 2.51. The molecule has 0 spiro atoms. The first-order valence-electron chi connectivity index (χ1n) is 7.34. The maximum Gasteiger partial charge on any atom is 0.244 e. The quantitative estimate of drug-likeness (QED) is 0.831. The molecule has 1 atom stereocenters. The number of carbonyl (C=O) groups excluding carboxylic acids is 2. The summed E-state index contributed by atoms with van der Waals surface area (Å²) < 4.78 is 0. The summed E-state index contributed by atoms with van der Waals surface area (Å²) in [6.45, 7) is 3.85. The second-order valence-electron chi connectivity index (χ2n) is 5.89. The largest absolute Gasteiger partial charge is 0.350 e. The van der Waals surface area contributed by atoms with E-state index in [9.17, 15) is 9.59 Å². The number of anilines is 1. The topological polar surface area (TPSA) is 89.3 Å². The Morgan fingerprint density at radius 3 is 2.39 bits per heavy atom. The third-order valence-electron chi connectivity index (χ3n) is 3.34. The van der Waals surface area contributed by atoms with Gasteiger partial charge in [0.15, 0.2) is 0 Å². The number of carbonyl (C=O) groups is 2. The first kappa shape index (κ1) is 18.4. The highest BCUT2D eigenvalue weighted by Gasteiger charge is 2.25. The number of aromatic nitrogens is 1. The van der Waals surface area contributed by atoms with Crippen LogP contribution in [0.25, 0.3) is 0 Å². The number of amides is 2. The van der Waals surface area contributed by atoms with E-state index in [1.807, 2.05) is 19.9 Å². The minimum Gasteiger partial charge on any atom is -0.350 e. The number of likely N-dealkylation sites (N-methyl/N-ethyl adjacent to an activating group) is 2. The molecule has 0 unspecified atom stereocenters. The molecule has 0 saturated heterocycles. The van der Waals surface area contributed by atoms with Crippen LogP contribution in [0, 0.1) is 17.2 Å². The van der Waals surface area contributed by atoms with E-state index in [1.165, 1.54) is 11.1 Å². The lowest BCUT2D eigenvalue weighted by Crippen LogP contribution is -2.51. The lowest BCUT2D eigenvalue weighted by atomic mass is 10.0. The van der Waals surface area contributed by atoms with Gasteiger partial charge in [0.25, 0.3) is 0 Å². The molecule has 0 aliphatic carbocycles. The Morgan fingerprint density at radius 2 is 1.96 bits per heavy atom. The summed E-state index contributed by atoms with van der Waals surface area (Å²) in [7, 11) is 5.05. The van der Waals surface area contributed by atoms with Crippen LogP contribution in [0.1, 0.15) is 19.4 Å². The number of nitrogens with zero attached hydrogens (tertiary/aromatic N) is 4. The van der Waals surface area contributed by atoms with Crippen LogP contribution >= 0.6 is 0 Å². The van der Waals surface area contributed by atoms with Crippen molar-refractivity contribution in [3.05, 3.63) is 23.9 Å². The molecular weight excluding hydrogens is 294 g/mol. The van der Waals surface area contributed by atoms with Crippen molar-refractivity contribution in [3.8, 4) is 6.07 Å². The van der Waals surface area contributed by atoms with Crippen molar-refractivity contribution in [2.24, 2.45) is 5.92 Å². The summed E-state index contributed by atoms with van der Waals surface area (Å²) in [5, 5.41) is 11.5. The fraction of sp³-hybridized carbons (Fsp3) is 0.500. The van der Waals surface area contributed by atoms with Crippen molar-refractivity contribution in [2.75, 3.05) is 32.6 Å². The number of pyridine rings is 1. The van der Waals surface area contributed by atoms with Gasteiger partial charge in [-0.3, -0.25) is 9.59 Å². The van der Waals surface area contributed by atoms with Crippen LogP contribution < -0.4 is 10.2 Å². The van der Waals surface area contributed by atoms with Crippen molar-refractivity contribution in [1.82, 2.24) is 15.2 Å². The number of nitriles is 1. The summed E-state index contributed by atoms with van der Waals surface area (Å²) in [6, 6.07) is 4.76. The van der Waals surface area contributed by atoms with Gasteiger partial charge in [-0.15, -0.1) is 0 Å². The van der Waals surface area contributed by atoms with E-state index < -0.39 is 6.04 Å². The normalized spacial score (nSPS) is 11.5. The zero-order valence-electron chi connectivity index (χ0n) is 14.2. The lowest BCUT2D eigenvalue weighted by molar-refractivity contribution is -0.135. The Bertz CT molecular complexity index is 589. The molecule has 0 radical (unpaired) electrons. The second kappa shape index (κ2) is 8.13. The fourth-order valence-corrected chi connectivity index (χ4v) is 1.99. The standard InChI is InChI=1S/C16H23N5O2/c1-11(2)15(16(23)20(3)4)19-14(22)10-21(5)13-7-6-12(8-17)9-18-13/h6-7,9,11,15H,10H2,1-5H3,(H,19,22)/t15-/m0/s1. The Kier molecular flexibility index (Phi) is 6.51. The van der Waals surface area contributed by atoms with E-state index in [0.29, 0.717) is 11.4 Å². The minimum atomic E-state index is -0.556. The predicted octanol–water partition coefficient (Wildman–Crippen LogP) is 0.618. The average molecular weight is 317 g/mol. The molecular formula is C16H23N5O2. The Morgan fingerprint density at radius 1 is 1.30 bits per heavy atom. The van der Waals surface area contributed by atoms with Gasteiger partial charge in [0.1, 0.15) is 17.9 Å². The fourth-order valence-electron chi connectivity index (χ4n) is 1.99. The molecule has 0 aliphatic rings. The monoisotopic (exact) mass is 317 g/mol. The number of rotatable bonds is 6. The van der Waals surface area contributed by atoms with Crippen molar-refractivity contribution >= 4 is 17.6 Å². The first-order chi connectivity index (χ1) is 10.8. The molecule has 7 heteroatoms. The third-order valence-corrected chi connectivity index (χ3v) is 3.34. The van der Waals surface area contributed by atoms with Crippen LogP contribution in [0.2, 0.25) is 0 Å². The van der Waals surface area contributed by atoms with Gasteiger partial charge in [0, 0.05) is 27.3 Å². The molecule has 0 bridgehead atoms. The van der Waals surface area contributed by atoms with E-state index in [-0.39, 0.29) is 24.3 Å². The Labute approximate surface area is 136 Å². The Hall–Kier alpha value is -2.62. The first-order valence-corrected chi connectivity index (χ1v) is 7.34. The highest BCUT2D eigenvalue weighted by atomic mass is 16.2. The molecule has 7 nitrogen and oxygen atoms in total. The van der Waals surface area contributed by atoms with Crippen LogP contribution in [0.5, 0.6) is 0 Å². The third kappa shape index (κ3) is 5.25. The van der Waals surface area contributed by atoms with Gasteiger partial charge in [-0.25, -0.2) is 4.98 Å². The molecule has 0 fully saturated rings. The van der Waals surface area contributed by atoms with Crippen LogP contribution in [0.4, 0.5) is 5.82 Å². The highest BCUT2D eigenvalue weighted by molar-refractivity contribution is 5.89. The molecule has 0 aliphatic heterocycles. The SMILES string of the molecule is CC(C)[C@H](NC(=O)CN(C)c1ccc(C#N)cn1)C(=O)N(C)C. The summed E-state index contributed by atoms with van der Waals surface area (Å²) >= 11 is 0. The highest BCUT2D eigenvalue weighted by Crippen LogP contribution is 2.09. The maximum absolute atomic E-state index is 12.2. The van der Waals surface area contributed by atoms with Crippen molar-refractivity contribution in [3.63, 3.8) is 0 Å². The molecule has 1 aromatic rings. The van der Waals surface area contributed by atoms with Gasteiger partial charge in [-0.1, -0.05) is 13.8 Å². The number of hydrogen-bond donors (Lipinski definition) is 1. The van der Waals surface area contributed by atoms with E-state index in [1.54, 1.807) is 38.2 Å². The molecule has 1 rings (SSSR count). The van der Waals surface area contributed by atoms with Gasteiger partial charge in [0.05, 0.1) is 12.1 Å². The van der Waals surface area contributed by atoms with E-state index >= 15 is 0 Å². The van der Waals surface area contributed by atoms with Crippen LogP contribution in [0.3, 0.4) is 0 Å². The second-order valence-corrected chi connectivity index (χ2v) is 5.89. The van der Waals surface area contributed by atoms with E-state index in [4.69, 9.17) is 5.26 Å². The molecule has 0 saturated carbocycles. The van der Waals surface area contributed by atoms with Gasteiger partial charge in [0.2, 0.25) is 11.8 Å². The van der Waals surface area contributed by atoms with Gasteiger partial charge in [-0.05, 0) is 18.1 Å². The van der Waals surface area contributed by atoms with Gasteiger partial charge >= 0.3 is 0 Å². The molecule has 2 amide bonds. The van der Waals surface area contributed by atoms with Crippen molar-refractivity contribution < 1.29 is 9.59 Å². The Balaban J connectivity index is 2.70. The molecule has 1 heterocycles. The number of hydrogen-bond acceptors (Lipinski definition) is 5. The van der Waals surface area contributed by atoms with Crippen LogP contribution in [-0.4, -0.2) is 55.4 Å². The summed E-state index contributed by atoms with van der Waals surface area (Å²) in [6.07, 6.45) is 1.45. The zero-order valence-corrected chi connectivity index (χ0v) is 14.2. The smallest absolute Gasteiger partial charge is 0.244 e. The van der Waals surface area contributed by atoms with Gasteiger partial charge < -0.3 is 15.1 Å². The number of nitrogens with one attached hydrogen (secondary N) is 1. The molecule has 23 heavy (non-hydrogen) atoms. The lowest BCUT2D eigenvalue weighted by Gasteiger charge is -2.26. The molecule has 1 N–H and O–H groups in total. The summed E-state index contributed by atoms with van der Waals surface area (Å²) in [4.78, 5) is 31.5. The molecule has 1 aromatic heterocycles. The van der Waals surface area contributed by atoms with E-state index in [0.717, 1.165) is 0 Å². The maximum atomic E-state index is 12.2. The van der Waals surface area contributed by atoms with Gasteiger partial charge in [-0.2, -0.15) is 5.26 Å². The van der Waals surface area contributed by atoms with Crippen LogP contribution in [0.15, 0.2) is 18.3 Å². The summed E-state index contributed by atoms with van der Waals surface area (Å²) in [5.74, 6) is 0.187. The summed E-state index contributed by atoms with van der Waals surface area (Å²) in [5.41, 5.74) is 0.461. The predicted molar refractivity (Wildman–Crippen MR) is 87.7 cm³/mol. The molecule has 0 aromatic carbocycles.